The van der Waals surface area contributed by atoms with Gasteiger partial charge in [0.1, 0.15) is 0 Å². The van der Waals surface area contributed by atoms with Gasteiger partial charge >= 0.3 is 0 Å². The van der Waals surface area contributed by atoms with Gasteiger partial charge in [0.05, 0.1) is 12.2 Å². The molecule has 1 aromatic carbocycles. The molecule has 124 valence electrons. The maximum Gasteiger partial charge on any atom is 0.191 e. The highest BCUT2D eigenvalue weighted by Gasteiger charge is 2.05. The van der Waals surface area contributed by atoms with Gasteiger partial charge in [-0.15, -0.1) is 24.0 Å². The normalized spacial score (nSPS) is 12.2. The zero-order valence-corrected chi connectivity index (χ0v) is 16.0. The van der Waals surface area contributed by atoms with Crippen LogP contribution in [0.25, 0.3) is 0 Å². The summed E-state index contributed by atoms with van der Waals surface area (Å²) in [6, 6.07) is 16.8. The van der Waals surface area contributed by atoms with Crippen LogP contribution in [0.15, 0.2) is 59.7 Å². The maximum absolute atomic E-state index is 4.29. The number of halogens is 1. The third-order valence-electron chi connectivity index (χ3n) is 3.48. The molecule has 1 atom stereocenters. The van der Waals surface area contributed by atoms with Crippen LogP contribution in [0.1, 0.15) is 24.6 Å². The number of hydrogen-bond donors (Lipinski definition) is 2. The topological polar surface area (TPSA) is 49.3 Å². The Labute approximate surface area is 155 Å². The minimum Gasteiger partial charge on any atom is -0.354 e. The Morgan fingerprint density at radius 1 is 1.13 bits per heavy atom. The number of aromatic nitrogens is 1. The Kier molecular flexibility index (Phi) is 9.28. The van der Waals surface area contributed by atoms with Crippen LogP contribution in [0.4, 0.5) is 0 Å². The summed E-state index contributed by atoms with van der Waals surface area (Å²) in [7, 11) is 1.79. The molecule has 1 unspecified atom stereocenters. The van der Waals surface area contributed by atoms with Crippen molar-refractivity contribution in [2.45, 2.75) is 32.4 Å². The summed E-state index contributed by atoms with van der Waals surface area (Å²) in [5, 5.41) is 6.71. The predicted octanol–water partition coefficient (Wildman–Crippen LogP) is 3.39. The zero-order chi connectivity index (χ0) is 15.6. The highest BCUT2D eigenvalue weighted by Crippen LogP contribution is 2.04. The van der Waals surface area contributed by atoms with E-state index < -0.39 is 0 Å². The van der Waals surface area contributed by atoms with Crippen molar-refractivity contribution in [2.24, 2.45) is 4.99 Å². The maximum atomic E-state index is 4.29. The quantitative estimate of drug-likeness (QED) is 0.425. The summed E-state index contributed by atoms with van der Waals surface area (Å²) in [6.45, 7) is 2.85. The van der Waals surface area contributed by atoms with Crippen LogP contribution >= 0.6 is 24.0 Å². The number of hydrogen-bond acceptors (Lipinski definition) is 2. The third kappa shape index (κ3) is 7.45. The first-order valence-corrected chi connectivity index (χ1v) is 7.69. The molecule has 0 saturated carbocycles. The van der Waals surface area contributed by atoms with E-state index in [-0.39, 0.29) is 24.0 Å². The van der Waals surface area contributed by atoms with Crippen LogP contribution in [0.5, 0.6) is 0 Å². The van der Waals surface area contributed by atoms with Gasteiger partial charge < -0.3 is 10.6 Å². The van der Waals surface area contributed by atoms with Crippen molar-refractivity contribution in [2.75, 3.05) is 7.05 Å². The minimum atomic E-state index is 0. The van der Waals surface area contributed by atoms with Crippen LogP contribution < -0.4 is 10.6 Å². The van der Waals surface area contributed by atoms with Gasteiger partial charge in [0.25, 0.3) is 0 Å². The van der Waals surface area contributed by atoms with Crippen LogP contribution in [0.2, 0.25) is 0 Å². The van der Waals surface area contributed by atoms with Crippen molar-refractivity contribution in [3.63, 3.8) is 0 Å². The fourth-order valence-electron chi connectivity index (χ4n) is 2.21. The van der Waals surface area contributed by atoms with E-state index in [1.807, 2.05) is 18.2 Å². The smallest absolute Gasteiger partial charge is 0.191 e. The van der Waals surface area contributed by atoms with Gasteiger partial charge in [-0.1, -0.05) is 36.4 Å². The molecule has 0 saturated heterocycles. The second-order valence-corrected chi connectivity index (χ2v) is 5.32. The first-order chi connectivity index (χ1) is 10.8. The van der Waals surface area contributed by atoms with Crippen LogP contribution in [0.3, 0.4) is 0 Å². The third-order valence-corrected chi connectivity index (χ3v) is 3.48. The molecule has 2 N–H and O–H groups in total. The molecule has 0 radical (unpaired) electrons. The molecule has 4 nitrogen and oxygen atoms in total. The van der Waals surface area contributed by atoms with E-state index in [9.17, 15) is 0 Å². The Balaban J connectivity index is 0.00000264. The second-order valence-electron chi connectivity index (χ2n) is 5.32. The number of aryl methyl sites for hydroxylation is 1. The molecular formula is C18H25IN4. The first kappa shape index (κ1) is 19.4. The molecule has 2 rings (SSSR count). The molecule has 0 fully saturated rings. The highest BCUT2D eigenvalue weighted by atomic mass is 127. The highest BCUT2D eigenvalue weighted by molar-refractivity contribution is 14.0. The Morgan fingerprint density at radius 3 is 2.52 bits per heavy atom. The molecule has 1 aromatic heterocycles. The van der Waals surface area contributed by atoms with E-state index in [1.54, 1.807) is 13.2 Å². The molecule has 1 heterocycles. The molecular weight excluding hydrogens is 399 g/mol. The summed E-state index contributed by atoms with van der Waals surface area (Å²) in [4.78, 5) is 8.56. The van der Waals surface area contributed by atoms with Crippen molar-refractivity contribution in [3.8, 4) is 0 Å². The Bertz CT molecular complexity index is 572. The van der Waals surface area contributed by atoms with Crippen LogP contribution in [-0.4, -0.2) is 24.0 Å². The van der Waals surface area contributed by atoms with Crippen molar-refractivity contribution in [1.29, 1.82) is 0 Å². The average Bonchev–Trinajstić information content (AvgIpc) is 2.58. The number of nitrogens with zero attached hydrogens (tertiary/aromatic N) is 2. The average molecular weight is 424 g/mol. The fourth-order valence-corrected chi connectivity index (χ4v) is 2.21. The van der Waals surface area contributed by atoms with Crippen LogP contribution in [0, 0.1) is 0 Å². The number of benzene rings is 1. The monoisotopic (exact) mass is 424 g/mol. The Morgan fingerprint density at radius 2 is 1.87 bits per heavy atom. The molecule has 0 spiro atoms. The van der Waals surface area contributed by atoms with E-state index in [1.165, 1.54) is 5.56 Å². The van der Waals surface area contributed by atoms with Gasteiger partial charge in [-0.3, -0.25) is 9.98 Å². The number of nitrogens with one attached hydrogen (secondary N) is 2. The van der Waals surface area contributed by atoms with E-state index in [2.05, 4.69) is 57.9 Å². The standard InChI is InChI=1S/C18H24N4.HI/c1-15(11-12-16-8-4-3-5-9-16)22-18(19-2)21-14-17-10-6-7-13-20-17;/h3-10,13,15H,11-12,14H2,1-2H3,(H2,19,21,22);1H. The molecule has 23 heavy (non-hydrogen) atoms. The summed E-state index contributed by atoms with van der Waals surface area (Å²) in [6.07, 6.45) is 3.93. The molecule has 2 aromatic rings. The lowest BCUT2D eigenvalue weighted by Gasteiger charge is -2.17. The summed E-state index contributed by atoms with van der Waals surface area (Å²) < 4.78 is 0. The molecule has 0 amide bonds. The van der Waals surface area contributed by atoms with Crippen molar-refractivity contribution < 1.29 is 0 Å². The van der Waals surface area contributed by atoms with E-state index in [0.717, 1.165) is 24.5 Å². The molecule has 0 aliphatic heterocycles. The van der Waals surface area contributed by atoms with E-state index in [4.69, 9.17) is 0 Å². The van der Waals surface area contributed by atoms with Gasteiger partial charge in [-0.05, 0) is 37.5 Å². The molecule has 5 heteroatoms. The molecule has 0 aliphatic carbocycles. The lowest BCUT2D eigenvalue weighted by Crippen LogP contribution is -2.42. The van der Waals surface area contributed by atoms with E-state index in [0.29, 0.717) is 12.6 Å². The van der Waals surface area contributed by atoms with Crippen molar-refractivity contribution in [1.82, 2.24) is 15.6 Å². The number of guanidine groups is 1. The number of aliphatic imine (C=N–C) groups is 1. The lowest BCUT2D eigenvalue weighted by molar-refractivity contribution is 0.592. The van der Waals surface area contributed by atoms with Gasteiger partial charge in [0.2, 0.25) is 0 Å². The predicted molar refractivity (Wildman–Crippen MR) is 107 cm³/mol. The number of pyridine rings is 1. The largest absolute Gasteiger partial charge is 0.354 e. The molecule has 0 bridgehead atoms. The van der Waals surface area contributed by atoms with Gasteiger partial charge in [-0.25, -0.2) is 0 Å². The lowest BCUT2D eigenvalue weighted by atomic mass is 10.1. The Hall–Kier alpha value is -1.63. The SMILES string of the molecule is CN=C(NCc1ccccn1)NC(C)CCc1ccccc1.I. The van der Waals surface area contributed by atoms with Crippen molar-refractivity contribution >= 4 is 29.9 Å². The van der Waals surface area contributed by atoms with E-state index >= 15 is 0 Å². The second kappa shape index (κ2) is 11.0. The van der Waals surface area contributed by atoms with Gasteiger partial charge in [0, 0.05) is 19.3 Å². The summed E-state index contributed by atoms with van der Waals surface area (Å²) >= 11 is 0. The first-order valence-electron chi connectivity index (χ1n) is 7.69. The van der Waals surface area contributed by atoms with Crippen LogP contribution in [-0.2, 0) is 13.0 Å². The van der Waals surface area contributed by atoms with Gasteiger partial charge in [0.15, 0.2) is 5.96 Å². The van der Waals surface area contributed by atoms with Crippen molar-refractivity contribution in [3.05, 3.63) is 66.0 Å². The number of rotatable bonds is 6. The summed E-state index contributed by atoms with van der Waals surface area (Å²) in [5.41, 5.74) is 2.37. The van der Waals surface area contributed by atoms with Gasteiger partial charge in [-0.2, -0.15) is 0 Å². The summed E-state index contributed by atoms with van der Waals surface area (Å²) in [5.74, 6) is 0.811. The minimum absolute atomic E-state index is 0. The molecule has 0 aliphatic rings. The fraction of sp³-hybridized carbons (Fsp3) is 0.333. The zero-order valence-electron chi connectivity index (χ0n) is 13.7.